The van der Waals surface area contributed by atoms with Gasteiger partial charge < -0.3 is 9.64 Å². The molecule has 5 nitrogen and oxygen atoms in total. The molecular formula is C19H28FN3O2. The van der Waals surface area contributed by atoms with Gasteiger partial charge >= 0.3 is 0 Å². The number of carbonyl (C=O) groups is 1. The minimum atomic E-state index is -0.341. The Morgan fingerprint density at radius 2 is 2.00 bits per heavy atom. The first kappa shape index (κ1) is 18.3. The molecular weight excluding hydrogens is 321 g/mol. The van der Waals surface area contributed by atoms with E-state index < -0.39 is 0 Å². The van der Waals surface area contributed by atoms with Crippen molar-refractivity contribution in [3.8, 4) is 0 Å². The van der Waals surface area contributed by atoms with Gasteiger partial charge in [-0.3, -0.25) is 14.6 Å². The maximum Gasteiger partial charge on any atom is 0.253 e. The number of rotatable bonds is 4. The van der Waals surface area contributed by atoms with Crippen molar-refractivity contribution in [3.05, 3.63) is 35.6 Å². The van der Waals surface area contributed by atoms with E-state index in [-0.39, 0.29) is 17.8 Å². The molecule has 0 spiro atoms. The summed E-state index contributed by atoms with van der Waals surface area (Å²) in [6, 6.07) is 6.92. The standard InChI is InChI=1S/C19H28FN3O2/c1-2-21-12-13-25-18(15-21)19(24)23-9-5-8-22(10-11-23)14-16-6-3-4-7-17(16)20/h3-4,6-7,18H,2,5,8-15H2,1H3. The zero-order chi connectivity index (χ0) is 17.6. The van der Waals surface area contributed by atoms with Crippen LogP contribution in [0.4, 0.5) is 4.39 Å². The summed E-state index contributed by atoms with van der Waals surface area (Å²) < 4.78 is 19.6. The van der Waals surface area contributed by atoms with E-state index in [9.17, 15) is 9.18 Å². The summed E-state index contributed by atoms with van der Waals surface area (Å²) in [4.78, 5) is 19.2. The van der Waals surface area contributed by atoms with Crippen LogP contribution < -0.4 is 0 Å². The van der Waals surface area contributed by atoms with Crippen LogP contribution in [0.3, 0.4) is 0 Å². The first-order valence-electron chi connectivity index (χ1n) is 9.26. The SMILES string of the molecule is CCN1CCOC(C(=O)N2CCCN(Cc3ccccc3F)CC2)C1. The van der Waals surface area contributed by atoms with Crippen molar-refractivity contribution in [3.63, 3.8) is 0 Å². The number of carbonyl (C=O) groups excluding carboxylic acids is 1. The summed E-state index contributed by atoms with van der Waals surface area (Å²) in [5.74, 6) is -0.0548. The number of likely N-dealkylation sites (N-methyl/N-ethyl adjacent to an activating group) is 1. The third-order valence-electron chi connectivity index (χ3n) is 5.13. The average molecular weight is 349 g/mol. The molecule has 0 aliphatic carbocycles. The molecule has 138 valence electrons. The number of hydrogen-bond donors (Lipinski definition) is 0. The van der Waals surface area contributed by atoms with Gasteiger partial charge in [0.2, 0.25) is 0 Å². The van der Waals surface area contributed by atoms with Crippen molar-refractivity contribution < 1.29 is 13.9 Å². The van der Waals surface area contributed by atoms with Crippen LogP contribution >= 0.6 is 0 Å². The summed E-state index contributed by atoms with van der Waals surface area (Å²) in [6.45, 7) is 8.94. The van der Waals surface area contributed by atoms with Gasteiger partial charge in [0.05, 0.1) is 6.61 Å². The van der Waals surface area contributed by atoms with Gasteiger partial charge in [-0.05, 0) is 19.0 Å². The molecule has 1 atom stereocenters. The van der Waals surface area contributed by atoms with E-state index >= 15 is 0 Å². The topological polar surface area (TPSA) is 36.0 Å². The van der Waals surface area contributed by atoms with Crippen molar-refractivity contribution in [1.82, 2.24) is 14.7 Å². The van der Waals surface area contributed by atoms with Gasteiger partial charge in [0, 0.05) is 51.4 Å². The van der Waals surface area contributed by atoms with E-state index in [1.54, 1.807) is 6.07 Å². The van der Waals surface area contributed by atoms with E-state index in [4.69, 9.17) is 4.74 Å². The molecule has 1 unspecified atom stereocenters. The summed E-state index contributed by atoms with van der Waals surface area (Å²) in [5.41, 5.74) is 0.719. The predicted octanol–water partition coefficient (Wildman–Crippen LogP) is 1.58. The highest BCUT2D eigenvalue weighted by atomic mass is 19.1. The number of benzene rings is 1. The molecule has 1 amide bonds. The highest BCUT2D eigenvalue weighted by molar-refractivity contribution is 5.81. The molecule has 3 rings (SSSR count). The quantitative estimate of drug-likeness (QED) is 0.827. The van der Waals surface area contributed by atoms with Gasteiger partial charge in [-0.2, -0.15) is 0 Å². The Morgan fingerprint density at radius 3 is 2.80 bits per heavy atom. The van der Waals surface area contributed by atoms with Crippen LogP contribution in [-0.2, 0) is 16.1 Å². The minimum absolute atomic E-state index is 0.103. The van der Waals surface area contributed by atoms with Crippen molar-refractivity contribution >= 4 is 5.91 Å². The van der Waals surface area contributed by atoms with Crippen LogP contribution in [0.1, 0.15) is 18.9 Å². The molecule has 0 aromatic heterocycles. The van der Waals surface area contributed by atoms with Gasteiger partial charge in [-0.15, -0.1) is 0 Å². The van der Waals surface area contributed by atoms with Crippen molar-refractivity contribution in [1.29, 1.82) is 0 Å². The smallest absolute Gasteiger partial charge is 0.253 e. The summed E-state index contributed by atoms with van der Waals surface area (Å²) in [6.07, 6.45) is 0.566. The maximum absolute atomic E-state index is 13.9. The van der Waals surface area contributed by atoms with Crippen LogP contribution in [0, 0.1) is 5.82 Å². The van der Waals surface area contributed by atoms with Crippen LogP contribution in [0.5, 0.6) is 0 Å². The lowest BCUT2D eigenvalue weighted by molar-refractivity contribution is -0.149. The molecule has 1 aromatic carbocycles. The second-order valence-corrected chi connectivity index (χ2v) is 6.80. The molecule has 2 fully saturated rings. The Morgan fingerprint density at radius 1 is 1.16 bits per heavy atom. The second-order valence-electron chi connectivity index (χ2n) is 6.80. The minimum Gasteiger partial charge on any atom is -0.366 e. The maximum atomic E-state index is 13.9. The Labute approximate surface area is 149 Å². The number of halogens is 1. The molecule has 2 heterocycles. The zero-order valence-corrected chi connectivity index (χ0v) is 15.0. The van der Waals surface area contributed by atoms with Gasteiger partial charge in [-0.1, -0.05) is 25.1 Å². The Kier molecular flexibility index (Phi) is 6.39. The summed E-state index contributed by atoms with van der Waals surface area (Å²) >= 11 is 0. The largest absolute Gasteiger partial charge is 0.366 e. The second kappa shape index (κ2) is 8.74. The molecule has 0 N–H and O–H groups in total. The van der Waals surface area contributed by atoms with Crippen LogP contribution in [0.2, 0.25) is 0 Å². The normalized spacial score (nSPS) is 23.4. The van der Waals surface area contributed by atoms with E-state index in [1.165, 1.54) is 6.07 Å². The molecule has 1 aromatic rings. The Hall–Kier alpha value is -1.50. The van der Waals surface area contributed by atoms with Gasteiger partial charge in [-0.25, -0.2) is 4.39 Å². The summed E-state index contributed by atoms with van der Waals surface area (Å²) in [5, 5.41) is 0. The molecule has 25 heavy (non-hydrogen) atoms. The summed E-state index contributed by atoms with van der Waals surface area (Å²) in [7, 11) is 0. The average Bonchev–Trinajstić information content (AvgIpc) is 2.89. The highest BCUT2D eigenvalue weighted by Crippen LogP contribution is 2.14. The Balaban J connectivity index is 1.54. The molecule has 0 saturated carbocycles. The number of nitrogens with zero attached hydrogens (tertiary/aromatic N) is 3. The molecule has 0 radical (unpaired) electrons. The van der Waals surface area contributed by atoms with Gasteiger partial charge in [0.15, 0.2) is 0 Å². The van der Waals surface area contributed by atoms with Crippen LogP contribution in [-0.4, -0.2) is 79.1 Å². The van der Waals surface area contributed by atoms with Crippen molar-refractivity contribution in [2.45, 2.75) is 26.0 Å². The van der Waals surface area contributed by atoms with Gasteiger partial charge in [0.25, 0.3) is 5.91 Å². The van der Waals surface area contributed by atoms with Crippen LogP contribution in [0.15, 0.2) is 24.3 Å². The fraction of sp³-hybridized carbons (Fsp3) is 0.632. The fourth-order valence-corrected chi connectivity index (χ4v) is 3.56. The first-order chi connectivity index (χ1) is 12.2. The van der Waals surface area contributed by atoms with Crippen molar-refractivity contribution in [2.75, 3.05) is 52.4 Å². The number of morpholine rings is 1. The molecule has 0 bridgehead atoms. The van der Waals surface area contributed by atoms with E-state index in [2.05, 4.69) is 16.7 Å². The van der Waals surface area contributed by atoms with Crippen molar-refractivity contribution in [2.24, 2.45) is 0 Å². The lowest BCUT2D eigenvalue weighted by Crippen LogP contribution is -2.51. The third-order valence-corrected chi connectivity index (χ3v) is 5.13. The molecule has 2 saturated heterocycles. The number of hydrogen-bond acceptors (Lipinski definition) is 4. The number of ether oxygens (including phenoxy) is 1. The van der Waals surface area contributed by atoms with E-state index in [1.807, 2.05) is 17.0 Å². The molecule has 2 aliphatic rings. The molecule has 2 aliphatic heterocycles. The lowest BCUT2D eigenvalue weighted by Gasteiger charge is -2.34. The monoisotopic (exact) mass is 349 g/mol. The van der Waals surface area contributed by atoms with Gasteiger partial charge in [0.1, 0.15) is 11.9 Å². The van der Waals surface area contributed by atoms with E-state index in [0.717, 1.165) is 44.7 Å². The fourth-order valence-electron chi connectivity index (χ4n) is 3.56. The van der Waals surface area contributed by atoms with Crippen LogP contribution in [0.25, 0.3) is 0 Å². The van der Waals surface area contributed by atoms with E-state index in [0.29, 0.717) is 26.2 Å². The Bertz CT molecular complexity index is 584. The predicted molar refractivity (Wildman–Crippen MR) is 94.7 cm³/mol. The third kappa shape index (κ3) is 4.77. The lowest BCUT2D eigenvalue weighted by atomic mass is 10.2. The highest BCUT2D eigenvalue weighted by Gasteiger charge is 2.30. The molecule has 6 heteroatoms. The first-order valence-corrected chi connectivity index (χ1v) is 9.26. The zero-order valence-electron chi connectivity index (χ0n) is 15.0. The number of amides is 1.